The topological polar surface area (TPSA) is 72.9 Å². The Morgan fingerprint density at radius 2 is 1.75 bits per heavy atom. The number of benzene rings is 1. The summed E-state index contributed by atoms with van der Waals surface area (Å²) in [6, 6.07) is 4.03. The number of imide groups is 1. The summed E-state index contributed by atoms with van der Waals surface area (Å²) in [6.07, 6.45) is 7.22. The summed E-state index contributed by atoms with van der Waals surface area (Å²) < 4.78 is 12.5. The summed E-state index contributed by atoms with van der Waals surface area (Å²) in [4.78, 5) is 39.3. The molecule has 4 atom stereocenters. The maximum Gasteiger partial charge on any atom is 0.308 e. The maximum atomic E-state index is 12.8. The Morgan fingerprint density at radius 3 is 2.31 bits per heavy atom. The molecule has 0 N–H and O–H groups in total. The van der Waals surface area contributed by atoms with Gasteiger partial charge in [0.2, 0.25) is 11.8 Å². The van der Waals surface area contributed by atoms with Crippen LogP contribution in [0.15, 0.2) is 12.1 Å². The highest BCUT2D eigenvalue weighted by atomic mass is 16.5. The molecule has 2 aliphatic rings. The molecular formula is C30H45NO5. The van der Waals surface area contributed by atoms with Gasteiger partial charge in [-0.1, -0.05) is 40.5 Å². The van der Waals surface area contributed by atoms with Crippen LogP contribution >= 0.6 is 0 Å². The first-order valence-electron chi connectivity index (χ1n) is 14.0. The highest BCUT2D eigenvalue weighted by molar-refractivity contribution is 5.95. The van der Waals surface area contributed by atoms with Crippen LogP contribution in [-0.4, -0.2) is 34.3 Å². The van der Waals surface area contributed by atoms with E-state index in [1.807, 2.05) is 6.07 Å². The van der Waals surface area contributed by atoms with Gasteiger partial charge in [0, 0.05) is 37.3 Å². The Morgan fingerprint density at radius 1 is 1.08 bits per heavy atom. The van der Waals surface area contributed by atoms with E-state index in [-0.39, 0.29) is 35.7 Å². The molecule has 1 aliphatic heterocycles. The Hall–Kier alpha value is -2.37. The minimum Gasteiger partial charge on any atom is -0.487 e. The molecule has 0 saturated heterocycles. The van der Waals surface area contributed by atoms with E-state index in [0.29, 0.717) is 30.9 Å². The number of nitrogens with zero attached hydrogens (tertiary/aromatic N) is 1. The third kappa shape index (κ3) is 5.78. The van der Waals surface area contributed by atoms with Crippen LogP contribution in [-0.2, 0) is 14.4 Å². The SMILES string of the molecule is CCCCC(CC)c1cc(OC(C)=O)c2c(c1)OC(C)(C)[C@H]1CCC(N(C(=O)CC)C(=O)CC)C[C@@H]21. The predicted octanol–water partition coefficient (Wildman–Crippen LogP) is 6.89. The van der Waals surface area contributed by atoms with Crippen molar-refractivity contribution in [2.45, 2.75) is 130 Å². The van der Waals surface area contributed by atoms with E-state index < -0.39 is 5.60 Å². The number of carbonyl (C=O) groups is 3. The molecule has 6 nitrogen and oxygen atoms in total. The quantitative estimate of drug-likeness (QED) is 0.273. The van der Waals surface area contributed by atoms with Gasteiger partial charge in [0.05, 0.1) is 0 Å². The van der Waals surface area contributed by atoms with Gasteiger partial charge < -0.3 is 9.47 Å². The Balaban J connectivity index is 2.10. The zero-order chi connectivity index (χ0) is 26.6. The highest BCUT2D eigenvalue weighted by Gasteiger charge is 2.49. The molecule has 3 rings (SSSR count). The van der Waals surface area contributed by atoms with Crippen molar-refractivity contribution in [2.75, 3.05) is 0 Å². The Labute approximate surface area is 217 Å². The van der Waals surface area contributed by atoms with Crippen molar-refractivity contribution < 1.29 is 23.9 Å². The molecule has 0 bridgehead atoms. The second kappa shape index (κ2) is 11.8. The molecule has 200 valence electrons. The molecule has 1 heterocycles. The lowest BCUT2D eigenvalue weighted by molar-refractivity contribution is -0.149. The first kappa shape index (κ1) is 28.2. The van der Waals surface area contributed by atoms with Gasteiger partial charge in [0.1, 0.15) is 17.1 Å². The smallest absolute Gasteiger partial charge is 0.308 e. The van der Waals surface area contributed by atoms with E-state index in [2.05, 4.69) is 33.8 Å². The molecule has 1 aromatic carbocycles. The third-order valence-corrected chi connectivity index (χ3v) is 8.22. The summed E-state index contributed by atoms with van der Waals surface area (Å²) in [7, 11) is 0. The molecular weight excluding hydrogens is 454 g/mol. The van der Waals surface area contributed by atoms with Crippen LogP contribution in [0.3, 0.4) is 0 Å². The molecule has 0 radical (unpaired) electrons. The van der Waals surface area contributed by atoms with Gasteiger partial charge >= 0.3 is 5.97 Å². The van der Waals surface area contributed by atoms with E-state index in [4.69, 9.17) is 9.47 Å². The summed E-state index contributed by atoms with van der Waals surface area (Å²) in [5.41, 5.74) is 1.65. The lowest BCUT2D eigenvalue weighted by atomic mass is 9.65. The summed E-state index contributed by atoms with van der Waals surface area (Å²) in [5.74, 6) is 1.36. The van der Waals surface area contributed by atoms with Crippen LogP contribution in [0.2, 0.25) is 0 Å². The number of hydrogen-bond donors (Lipinski definition) is 0. The fourth-order valence-electron chi connectivity index (χ4n) is 6.38. The van der Waals surface area contributed by atoms with E-state index in [1.54, 1.807) is 13.8 Å². The number of hydrogen-bond acceptors (Lipinski definition) is 5. The van der Waals surface area contributed by atoms with Crippen molar-refractivity contribution in [3.63, 3.8) is 0 Å². The largest absolute Gasteiger partial charge is 0.487 e. The van der Waals surface area contributed by atoms with Crippen molar-refractivity contribution in [3.05, 3.63) is 23.3 Å². The number of fused-ring (bicyclic) bond motifs is 3. The molecule has 1 fully saturated rings. The van der Waals surface area contributed by atoms with Gasteiger partial charge in [-0.15, -0.1) is 0 Å². The van der Waals surface area contributed by atoms with Crippen molar-refractivity contribution >= 4 is 17.8 Å². The summed E-state index contributed by atoms with van der Waals surface area (Å²) in [6.45, 7) is 13.7. The zero-order valence-electron chi connectivity index (χ0n) is 23.3. The summed E-state index contributed by atoms with van der Waals surface area (Å²) in [5, 5.41) is 0. The van der Waals surface area contributed by atoms with Gasteiger partial charge in [-0.2, -0.15) is 0 Å². The molecule has 2 unspecified atom stereocenters. The van der Waals surface area contributed by atoms with Gasteiger partial charge in [-0.25, -0.2) is 0 Å². The Kier molecular flexibility index (Phi) is 9.23. The van der Waals surface area contributed by atoms with E-state index in [0.717, 1.165) is 55.4 Å². The fourth-order valence-corrected chi connectivity index (χ4v) is 6.38. The molecule has 0 aromatic heterocycles. The van der Waals surface area contributed by atoms with E-state index >= 15 is 0 Å². The molecule has 1 aliphatic carbocycles. The van der Waals surface area contributed by atoms with Crippen LogP contribution in [0, 0.1) is 5.92 Å². The minimum absolute atomic E-state index is 0.0263. The van der Waals surface area contributed by atoms with Gasteiger partial charge in [0.25, 0.3) is 0 Å². The molecule has 1 saturated carbocycles. The standard InChI is InChI=1S/C30H45NO5/c1-8-12-13-20(9-2)21-16-25(35-19(5)32)29-23-18-22(31(27(33)10-3)28(34)11-4)14-15-24(23)30(6,7)36-26(29)17-21/h16-17,20,22-24H,8-15,18H2,1-7H3/t20?,22?,23-,24+/m1/s1. The lowest BCUT2D eigenvalue weighted by Crippen LogP contribution is -2.52. The van der Waals surface area contributed by atoms with Crippen molar-refractivity contribution in [1.82, 2.24) is 4.90 Å². The fraction of sp³-hybridized carbons (Fsp3) is 0.700. The molecule has 6 heteroatoms. The molecule has 2 amide bonds. The average Bonchev–Trinajstić information content (AvgIpc) is 2.83. The van der Waals surface area contributed by atoms with Crippen molar-refractivity contribution in [1.29, 1.82) is 0 Å². The first-order chi connectivity index (χ1) is 17.1. The third-order valence-electron chi connectivity index (χ3n) is 8.22. The van der Waals surface area contributed by atoms with Crippen molar-refractivity contribution in [3.8, 4) is 11.5 Å². The number of esters is 1. The van der Waals surface area contributed by atoms with Gasteiger partial charge in [0.15, 0.2) is 0 Å². The summed E-state index contributed by atoms with van der Waals surface area (Å²) >= 11 is 0. The number of amides is 2. The van der Waals surface area contributed by atoms with Crippen LogP contribution < -0.4 is 9.47 Å². The van der Waals surface area contributed by atoms with Crippen LogP contribution in [0.1, 0.15) is 129 Å². The highest BCUT2D eigenvalue weighted by Crippen LogP contribution is 2.56. The predicted molar refractivity (Wildman–Crippen MR) is 141 cm³/mol. The first-order valence-corrected chi connectivity index (χ1v) is 14.0. The van der Waals surface area contributed by atoms with Crippen LogP contribution in [0.5, 0.6) is 11.5 Å². The van der Waals surface area contributed by atoms with E-state index in [1.165, 1.54) is 11.8 Å². The Bertz CT molecular complexity index is 952. The molecule has 36 heavy (non-hydrogen) atoms. The second-order valence-electron chi connectivity index (χ2n) is 11.0. The lowest BCUT2D eigenvalue weighted by Gasteiger charge is -2.50. The van der Waals surface area contributed by atoms with E-state index in [9.17, 15) is 14.4 Å². The normalized spacial score (nSPS) is 23.0. The van der Waals surface area contributed by atoms with Crippen LogP contribution in [0.25, 0.3) is 0 Å². The zero-order valence-corrected chi connectivity index (χ0v) is 23.3. The van der Waals surface area contributed by atoms with Crippen molar-refractivity contribution in [2.24, 2.45) is 5.92 Å². The molecule has 1 aromatic rings. The monoisotopic (exact) mass is 499 g/mol. The minimum atomic E-state index is -0.408. The van der Waals surface area contributed by atoms with Gasteiger partial charge in [-0.3, -0.25) is 19.3 Å². The number of carbonyl (C=O) groups excluding carboxylic acids is 3. The maximum absolute atomic E-state index is 12.8. The van der Waals surface area contributed by atoms with Crippen LogP contribution in [0.4, 0.5) is 0 Å². The molecule has 0 spiro atoms. The van der Waals surface area contributed by atoms with Gasteiger partial charge in [-0.05, 0) is 75.5 Å². The average molecular weight is 500 g/mol. The number of unbranched alkanes of at least 4 members (excludes halogenated alkanes) is 1. The number of rotatable bonds is 9. The second-order valence-corrected chi connectivity index (χ2v) is 11.0. The number of ether oxygens (including phenoxy) is 2.